The molecular weight excluding hydrogens is 1140 g/mol. The van der Waals surface area contributed by atoms with Gasteiger partial charge in [-0.3, -0.25) is 9.59 Å². The van der Waals surface area contributed by atoms with Gasteiger partial charge in [-0.1, -0.05) is 60.2 Å². The summed E-state index contributed by atoms with van der Waals surface area (Å²) in [6, 6.07) is 32.2. The first-order valence-corrected chi connectivity index (χ1v) is 31.4. The molecule has 8 aromatic rings. The molecule has 0 bridgehead atoms. The van der Waals surface area contributed by atoms with Crippen LogP contribution in [0.1, 0.15) is 109 Å². The molecule has 460 valence electrons. The first kappa shape index (κ1) is 65.6. The summed E-state index contributed by atoms with van der Waals surface area (Å²) in [7, 11) is 2.30. The van der Waals surface area contributed by atoms with E-state index in [1.165, 1.54) is 20.7 Å². The van der Waals surface area contributed by atoms with E-state index >= 15 is 0 Å². The third-order valence-electron chi connectivity index (χ3n) is 14.8. The van der Waals surface area contributed by atoms with Gasteiger partial charge in [-0.15, -0.1) is 10.2 Å². The van der Waals surface area contributed by atoms with Crippen LogP contribution in [0.4, 0.5) is 0 Å². The molecule has 8 rings (SSSR count). The Morgan fingerprint density at radius 3 is 1.31 bits per heavy atom. The van der Waals surface area contributed by atoms with Crippen LogP contribution in [0.25, 0.3) is 22.1 Å². The highest BCUT2D eigenvalue weighted by atomic mass is 32.2. The van der Waals surface area contributed by atoms with Crippen LogP contribution in [0, 0.1) is 13.8 Å². The number of hydrogen-bond acceptors (Lipinski definition) is 17. The predicted molar refractivity (Wildman–Crippen MR) is 328 cm³/mol. The molecule has 2 atom stereocenters. The van der Waals surface area contributed by atoms with Crippen LogP contribution in [0.15, 0.2) is 119 Å². The van der Waals surface area contributed by atoms with Gasteiger partial charge >= 0.3 is 11.9 Å². The zero-order chi connectivity index (χ0) is 62.3. The van der Waals surface area contributed by atoms with Gasteiger partial charge in [0, 0.05) is 53.1 Å². The number of ether oxygens (including phenoxy) is 6. The average Bonchev–Trinajstić information content (AvgIpc) is 2.02. The molecule has 0 aliphatic heterocycles. The van der Waals surface area contributed by atoms with Gasteiger partial charge in [0.2, 0.25) is 20.0 Å². The van der Waals surface area contributed by atoms with Gasteiger partial charge in [-0.05, 0) is 164 Å². The predicted octanol–water partition coefficient (Wildman–Crippen LogP) is 9.29. The van der Waals surface area contributed by atoms with Crippen LogP contribution in [0.5, 0.6) is 23.0 Å². The highest BCUT2D eigenvalue weighted by molar-refractivity contribution is 7.89. The molecule has 0 fully saturated rings. The van der Waals surface area contributed by atoms with Crippen molar-refractivity contribution in [2.75, 3.05) is 61.3 Å². The van der Waals surface area contributed by atoms with Crippen molar-refractivity contribution >= 4 is 54.1 Å². The lowest BCUT2D eigenvalue weighted by molar-refractivity contribution is -0.144. The summed E-state index contributed by atoms with van der Waals surface area (Å²) in [6.07, 6.45) is 2.84. The number of methoxy groups -OCH3 is 2. The second kappa shape index (κ2) is 29.9. The maximum absolute atomic E-state index is 13.5. The molecule has 0 radical (unpaired) electrons. The number of aryl methyl sites for hydroxylation is 4. The average molecular weight is 1220 g/mol. The molecule has 86 heavy (non-hydrogen) atoms. The third-order valence-corrected chi connectivity index (χ3v) is 18.4. The van der Waals surface area contributed by atoms with Crippen LogP contribution in [0.3, 0.4) is 0 Å². The number of benzene rings is 6. The highest BCUT2D eigenvalue weighted by Crippen LogP contribution is 2.38. The number of hydrogen-bond donors (Lipinski definition) is 1. The van der Waals surface area contributed by atoms with Crippen molar-refractivity contribution in [1.82, 2.24) is 38.6 Å². The largest absolute Gasteiger partial charge is 0.494 e. The smallest absolute Gasteiger partial charge is 0.306 e. The summed E-state index contributed by atoms with van der Waals surface area (Å²) in [6.45, 7) is 11.9. The Bertz CT molecular complexity index is 3590. The Kier molecular flexibility index (Phi) is 22.8. The van der Waals surface area contributed by atoms with Crippen LogP contribution in [-0.2, 0) is 66.3 Å². The molecule has 0 amide bonds. The normalized spacial score (nSPS) is 12.4. The first-order valence-electron chi connectivity index (χ1n) is 28.5. The Hall–Kier alpha value is -7.96. The van der Waals surface area contributed by atoms with E-state index < -0.39 is 26.0 Å². The molecule has 2 N–H and O–H groups in total. The molecule has 0 saturated heterocycles. The molecular formula is C63H79N9O12S2. The topological polar surface area (TPSA) is 252 Å². The molecule has 0 saturated carbocycles. The van der Waals surface area contributed by atoms with Crippen molar-refractivity contribution in [3.63, 3.8) is 0 Å². The van der Waals surface area contributed by atoms with Crippen molar-refractivity contribution in [1.29, 1.82) is 0 Å². The molecule has 2 unspecified atom stereocenters. The summed E-state index contributed by atoms with van der Waals surface area (Å²) in [5.41, 5.74) is 15.1. The monoisotopic (exact) mass is 1220 g/mol. The quantitative estimate of drug-likeness (QED) is 0.0354. The van der Waals surface area contributed by atoms with Crippen LogP contribution in [0.2, 0.25) is 0 Å². The summed E-state index contributed by atoms with van der Waals surface area (Å²) in [4.78, 5) is 25.9. The molecule has 2 aromatic heterocycles. The number of unbranched alkanes of at least 4 members (excludes halogenated alkanes) is 1. The second-order valence-electron chi connectivity index (χ2n) is 20.8. The van der Waals surface area contributed by atoms with Gasteiger partial charge in [0.15, 0.2) is 0 Å². The minimum absolute atomic E-state index is 0.0824. The number of carbonyl (C=O) groups excluding carboxylic acids is 2. The van der Waals surface area contributed by atoms with Gasteiger partial charge in [0.25, 0.3) is 0 Å². The fourth-order valence-corrected chi connectivity index (χ4v) is 12.2. The SMILES string of the molecule is CCCCOc1ccc(S(=O)(=O)N(C)Cc2cc(C(CC(=O)OCC)c3cc(OC)c4c(c3)nnn4C)ccc2C)cc1.CCOC(=O)CC(c1ccc(C)c(CN(C)S(=O)(=O)c2ccc(OCCCN)cc2)c1)c1cc(OC)c2c(c1)nnn2C. The van der Waals surface area contributed by atoms with Crippen LogP contribution >= 0.6 is 0 Å². The van der Waals surface area contributed by atoms with E-state index in [4.69, 9.17) is 34.2 Å². The number of nitrogens with two attached hydrogens (primary N) is 1. The second-order valence-corrected chi connectivity index (χ2v) is 24.9. The Morgan fingerprint density at radius 2 is 0.953 bits per heavy atom. The lowest BCUT2D eigenvalue weighted by atomic mass is 9.86. The van der Waals surface area contributed by atoms with Gasteiger partial charge in [0.05, 0.1) is 63.3 Å². The highest BCUT2D eigenvalue weighted by Gasteiger charge is 2.28. The van der Waals surface area contributed by atoms with Crippen molar-refractivity contribution in [3.8, 4) is 23.0 Å². The Labute approximate surface area is 504 Å². The van der Waals surface area contributed by atoms with E-state index in [1.54, 1.807) is 102 Å². The van der Waals surface area contributed by atoms with Crippen molar-refractivity contribution in [3.05, 3.63) is 154 Å². The molecule has 2 heterocycles. The molecule has 0 aliphatic carbocycles. The fraction of sp³-hybridized carbons (Fsp3) is 0.397. The molecule has 0 spiro atoms. The molecule has 0 aliphatic rings. The Balaban J connectivity index is 0.000000246. The summed E-state index contributed by atoms with van der Waals surface area (Å²) >= 11 is 0. The Morgan fingerprint density at radius 1 is 0.558 bits per heavy atom. The van der Waals surface area contributed by atoms with E-state index in [0.29, 0.717) is 60.2 Å². The molecule has 21 nitrogen and oxygen atoms in total. The zero-order valence-electron chi connectivity index (χ0n) is 50.9. The summed E-state index contributed by atoms with van der Waals surface area (Å²) in [5.74, 6) is 0.938. The van der Waals surface area contributed by atoms with Gasteiger partial charge in [-0.2, -0.15) is 8.61 Å². The number of aromatic nitrogens is 6. The number of fused-ring (bicyclic) bond motifs is 2. The number of nitrogens with zero attached hydrogens (tertiary/aromatic N) is 8. The standard InChI is InChI=1S/C32H40N4O6S.C31H39N5O6S/c1-7-9-16-42-26-12-14-27(15-13-26)43(38,39)35(4)21-25-17-23(11-10-22(25)3)28(20-31(37)41-8-2)24-18-29-32(30(19-24)40-6)36(5)34-33-29;1-6-41-30(37)19-27(23-17-28-31(29(18-23)40-5)36(4)34-33-28)22-9-8-21(2)24(16-22)20-35(3)43(38,39)26-12-10-25(11-13-26)42-15-7-14-32/h10-15,17-19,28H,7-9,16,20-21H2,1-6H3;8-13,16-18,27H,6-7,14-15,19-20,32H2,1-5H3. The molecule has 23 heteroatoms. The van der Waals surface area contributed by atoms with Crippen LogP contribution < -0.4 is 24.7 Å². The lowest BCUT2D eigenvalue weighted by Gasteiger charge is -2.22. The number of carbonyl (C=O) groups is 2. The van der Waals surface area contributed by atoms with Crippen molar-refractivity contribution in [2.24, 2.45) is 19.8 Å². The van der Waals surface area contributed by atoms with E-state index in [9.17, 15) is 26.4 Å². The van der Waals surface area contributed by atoms with E-state index in [2.05, 4.69) is 27.5 Å². The fourth-order valence-electron chi connectivity index (χ4n) is 9.88. The van der Waals surface area contributed by atoms with E-state index in [0.717, 1.165) is 68.4 Å². The van der Waals surface area contributed by atoms with Crippen molar-refractivity contribution in [2.45, 2.75) is 101 Å². The van der Waals surface area contributed by atoms with E-state index in [-0.39, 0.29) is 66.8 Å². The number of rotatable bonds is 28. The maximum Gasteiger partial charge on any atom is 0.306 e. The third kappa shape index (κ3) is 15.9. The molecule has 6 aromatic carbocycles. The maximum atomic E-state index is 13.5. The van der Waals surface area contributed by atoms with Crippen LogP contribution in [-0.4, -0.2) is 129 Å². The minimum Gasteiger partial charge on any atom is -0.494 e. The summed E-state index contributed by atoms with van der Waals surface area (Å²) in [5, 5.41) is 16.8. The van der Waals surface area contributed by atoms with Gasteiger partial charge in [-0.25, -0.2) is 26.2 Å². The number of esters is 2. The van der Waals surface area contributed by atoms with E-state index in [1.807, 2.05) is 74.5 Å². The van der Waals surface area contributed by atoms with Gasteiger partial charge < -0.3 is 34.2 Å². The minimum atomic E-state index is -3.79. The lowest BCUT2D eigenvalue weighted by Crippen LogP contribution is -2.27. The number of sulfonamides is 2. The first-order chi connectivity index (χ1) is 41.2. The zero-order valence-corrected chi connectivity index (χ0v) is 52.5. The van der Waals surface area contributed by atoms with Gasteiger partial charge in [0.1, 0.15) is 45.1 Å². The summed E-state index contributed by atoms with van der Waals surface area (Å²) < 4.78 is 93.0. The van der Waals surface area contributed by atoms with Crippen molar-refractivity contribution < 1.29 is 54.8 Å².